The summed E-state index contributed by atoms with van der Waals surface area (Å²) in [6.45, 7) is 1.86. The molecule has 17 nitrogen and oxygen atoms in total. The molecule has 71 heavy (non-hydrogen) atoms. The van der Waals surface area contributed by atoms with Crippen molar-refractivity contribution >= 4 is 40.5 Å². The van der Waals surface area contributed by atoms with Crippen LogP contribution in [-0.4, -0.2) is 93.5 Å². The Hall–Kier alpha value is -8.02. The maximum atomic E-state index is 13.5. The number of ether oxygens (including phenoxy) is 6. The lowest BCUT2D eigenvalue weighted by molar-refractivity contribution is -0.156. The molecule has 1 saturated heterocycles. The molecule has 4 N–H and O–H groups in total. The van der Waals surface area contributed by atoms with Gasteiger partial charge in [0.2, 0.25) is 17.7 Å². The van der Waals surface area contributed by atoms with E-state index >= 15 is 0 Å². The normalized spacial score (nSPS) is 16.0. The lowest BCUT2D eigenvalue weighted by Gasteiger charge is -2.37. The molecular formula is C54H57N5O12. The zero-order valence-electron chi connectivity index (χ0n) is 40.1. The number of aromatic amines is 1. The first-order valence-electron chi connectivity index (χ1n) is 23.1. The molecule has 3 amide bonds. The fraction of sp³-hybridized carbons (Fsp3) is 0.296. The third-order valence-corrected chi connectivity index (χ3v) is 12.3. The second-order valence-corrected chi connectivity index (χ2v) is 16.7. The molecule has 0 bridgehead atoms. The summed E-state index contributed by atoms with van der Waals surface area (Å²) in [5, 5.41) is 9.98. The maximum Gasteiger partial charge on any atom is 0.330 e. The summed E-state index contributed by atoms with van der Waals surface area (Å²) in [4.78, 5) is 80.1. The number of hydrogen-bond acceptors (Lipinski definition) is 12. The fourth-order valence-corrected chi connectivity index (χ4v) is 8.37. The van der Waals surface area contributed by atoms with E-state index in [4.69, 9.17) is 28.4 Å². The number of aromatic nitrogens is 2. The standard InChI is InChI=1S/C54H57N5O12/c1-34(35-11-12-37-30-44(68-5)19-13-36(37)29-35)51(63)57-28-27-56-48(61)24-14-38-32-59(53(65)58-52(38)64)49-31-45(71-50(62)26-25-47(60)55-2)46(70-49)33-69-54(39-9-7-6-8-10-39,40-15-20-42(66-3)21-16-40)41-17-22-43(67-4)23-18-41/h6-24,29-30,32,34,45-46,49H,25-28,31,33H2,1-5H3,(H,55,60)(H,56,61)(H,57,63)(H,58,64,65)/t34-,45?,46+,49+/m0/s1. The number of methoxy groups -OCH3 is 3. The van der Waals surface area contributed by atoms with Crippen LogP contribution in [0.2, 0.25) is 0 Å². The SMILES string of the molecule is CNC(=O)CCC(=O)OC1C[C@H](n2cc(C=CC(=O)NCCNC(=O)[C@@H](C)c3ccc4cc(OC)ccc4c3)c(=O)[nH]c2=O)O[C@@H]1COC(c1ccccc1)(c1ccc(OC)cc1)c1ccc(OC)cc1. The summed E-state index contributed by atoms with van der Waals surface area (Å²) in [6.07, 6.45) is 0.235. The Morgan fingerprint density at radius 3 is 2.03 bits per heavy atom. The summed E-state index contributed by atoms with van der Waals surface area (Å²) < 4.78 is 37.0. The number of nitrogens with one attached hydrogen (secondary N) is 4. The number of H-pyrrole nitrogens is 1. The predicted octanol–water partition coefficient (Wildman–Crippen LogP) is 5.50. The van der Waals surface area contributed by atoms with E-state index in [1.807, 2.05) is 115 Å². The predicted molar refractivity (Wildman–Crippen MR) is 265 cm³/mol. The van der Waals surface area contributed by atoms with E-state index in [9.17, 15) is 28.8 Å². The van der Waals surface area contributed by atoms with Crippen molar-refractivity contribution < 1.29 is 47.6 Å². The molecule has 0 saturated carbocycles. The van der Waals surface area contributed by atoms with E-state index in [0.29, 0.717) is 11.5 Å². The lowest BCUT2D eigenvalue weighted by atomic mass is 9.80. The minimum Gasteiger partial charge on any atom is -0.497 e. The van der Waals surface area contributed by atoms with Crippen LogP contribution in [-0.2, 0) is 39.0 Å². The minimum atomic E-state index is -1.28. The zero-order chi connectivity index (χ0) is 50.5. The van der Waals surface area contributed by atoms with Gasteiger partial charge >= 0.3 is 11.7 Å². The van der Waals surface area contributed by atoms with Gasteiger partial charge in [0, 0.05) is 45.3 Å². The number of amides is 3. The molecule has 7 rings (SSSR count). The Morgan fingerprint density at radius 1 is 0.775 bits per heavy atom. The summed E-state index contributed by atoms with van der Waals surface area (Å²) in [5.74, 6) is -0.243. The van der Waals surface area contributed by atoms with Crippen LogP contribution in [0.25, 0.3) is 16.8 Å². The number of carbonyl (C=O) groups is 4. The van der Waals surface area contributed by atoms with Gasteiger partial charge in [-0.15, -0.1) is 0 Å². The molecule has 2 heterocycles. The van der Waals surface area contributed by atoms with Crippen molar-refractivity contribution in [2.75, 3.05) is 48.1 Å². The highest BCUT2D eigenvalue weighted by atomic mass is 16.6. The molecule has 0 aliphatic carbocycles. The summed E-state index contributed by atoms with van der Waals surface area (Å²) >= 11 is 0. The molecule has 1 aromatic heterocycles. The van der Waals surface area contributed by atoms with Crippen molar-refractivity contribution in [3.8, 4) is 17.2 Å². The van der Waals surface area contributed by atoms with Gasteiger partial charge in [0.15, 0.2) is 0 Å². The van der Waals surface area contributed by atoms with E-state index in [0.717, 1.165) is 49.4 Å². The van der Waals surface area contributed by atoms with E-state index in [-0.39, 0.29) is 56.3 Å². The summed E-state index contributed by atoms with van der Waals surface area (Å²) in [6, 6.07) is 35.9. The first-order valence-corrected chi connectivity index (χ1v) is 23.1. The van der Waals surface area contributed by atoms with Gasteiger partial charge in [-0.2, -0.15) is 0 Å². The van der Waals surface area contributed by atoms with E-state index in [1.54, 1.807) is 28.3 Å². The van der Waals surface area contributed by atoms with Crippen LogP contribution in [0.3, 0.4) is 0 Å². The van der Waals surface area contributed by atoms with Gasteiger partial charge in [0.1, 0.15) is 41.3 Å². The molecule has 4 atom stereocenters. The number of nitrogens with zero attached hydrogens (tertiary/aromatic N) is 1. The highest BCUT2D eigenvalue weighted by Gasteiger charge is 2.44. The van der Waals surface area contributed by atoms with Gasteiger partial charge in [-0.3, -0.25) is 33.5 Å². The van der Waals surface area contributed by atoms with Gasteiger partial charge in [-0.1, -0.05) is 78.9 Å². The Balaban J connectivity index is 1.07. The summed E-state index contributed by atoms with van der Waals surface area (Å²) in [7, 11) is 6.23. The van der Waals surface area contributed by atoms with Gasteiger partial charge < -0.3 is 44.4 Å². The third-order valence-electron chi connectivity index (χ3n) is 12.3. The first-order chi connectivity index (χ1) is 34.3. The Bertz CT molecular complexity index is 2920. The molecule has 1 unspecified atom stereocenters. The van der Waals surface area contributed by atoms with Crippen LogP contribution in [0.1, 0.15) is 66.1 Å². The van der Waals surface area contributed by atoms with Crippen molar-refractivity contribution in [3.63, 3.8) is 0 Å². The van der Waals surface area contributed by atoms with E-state index in [1.165, 1.54) is 19.3 Å². The maximum absolute atomic E-state index is 13.5. The van der Waals surface area contributed by atoms with Crippen molar-refractivity contribution in [1.29, 1.82) is 0 Å². The van der Waals surface area contributed by atoms with Gasteiger partial charge in [0.25, 0.3) is 5.56 Å². The van der Waals surface area contributed by atoms with Gasteiger partial charge in [0.05, 0.1) is 45.8 Å². The average molecular weight is 968 g/mol. The largest absolute Gasteiger partial charge is 0.497 e. The van der Waals surface area contributed by atoms with Gasteiger partial charge in [-0.05, 0) is 82.4 Å². The Kier molecular flexibility index (Phi) is 16.8. The number of esters is 1. The molecule has 1 fully saturated rings. The zero-order valence-corrected chi connectivity index (χ0v) is 40.1. The molecule has 370 valence electrons. The molecular weight excluding hydrogens is 911 g/mol. The van der Waals surface area contributed by atoms with Crippen LogP contribution in [0.4, 0.5) is 0 Å². The number of rotatable bonds is 21. The van der Waals surface area contributed by atoms with Crippen LogP contribution in [0.15, 0.2) is 137 Å². The Labute approximate surface area is 410 Å². The van der Waals surface area contributed by atoms with E-state index in [2.05, 4.69) is 20.9 Å². The molecule has 0 spiro atoms. The third kappa shape index (κ3) is 12.2. The van der Waals surface area contributed by atoms with Crippen molar-refractivity contribution in [2.24, 2.45) is 0 Å². The van der Waals surface area contributed by atoms with Crippen molar-refractivity contribution in [3.05, 3.63) is 176 Å². The number of hydrogen-bond donors (Lipinski definition) is 4. The molecule has 0 radical (unpaired) electrons. The average Bonchev–Trinajstić information content (AvgIpc) is 3.80. The monoisotopic (exact) mass is 967 g/mol. The van der Waals surface area contributed by atoms with Crippen LogP contribution in [0, 0.1) is 0 Å². The quantitative estimate of drug-likeness (QED) is 0.0305. The number of benzene rings is 5. The number of carbonyl (C=O) groups excluding carboxylic acids is 4. The second-order valence-electron chi connectivity index (χ2n) is 16.7. The molecule has 1 aliphatic heterocycles. The molecule has 6 aromatic rings. The first kappa shape index (κ1) is 50.8. The summed E-state index contributed by atoms with van der Waals surface area (Å²) in [5.41, 5.74) is 0.181. The fourth-order valence-electron chi connectivity index (χ4n) is 8.37. The Morgan fingerprint density at radius 2 is 1.38 bits per heavy atom. The highest BCUT2D eigenvalue weighted by Crippen LogP contribution is 2.43. The lowest BCUT2D eigenvalue weighted by Crippen LogP contribution is -2.39. The molecule has 17 heteroatoms. The topological polar surface area (TPSA) is 215 Å². The molecule has 5 aromatic carbocycles. The second kappa shape index (κ2) is 23.5. The smallest absolute Gasteiger partial charge is 0.330 e. The molecule has 1 aliphatic rings. The van der Waals surface area contributed by atoms with Crippen LogP contribution >= 0.6 is 0 Å². The number of fused-ring (bicyclic) bond motifs is 1. The van der Waals surface area contributed by atoms with Gasteiger partial charge in [-0.25, -0.2) is 4.79 Å². The van der Waals surface area contributed by atoms with Crippen molar-refractivity contribution in [2.45, 2.75) is 56.1 Å². The minimum absolute atomic E-state index is 0.0414. The van der Waals surface area contributed by atoms with E-state index < -0.39 is 53.1 Å². The highest BCUT2D eigenvalue weighted by molar-refractivity contribution is 5.92. The van der Waals surface area contributed by atoms with Crippen LogP contribution < -0.4 is 41.4 Å². The van der Waals surface area contributed by atoms with Crippen LogP contribution in [0.5, 0.6) is 17.2 Å². The van der Waals surface area contributed by atoms with Crippen molar-refractivity contribution in [1.82, 2.24) is 25.5 Å².